The Kier molecular flexibility index (Phi) is 4.35. The molecule has 0 aliphatic rings. The fourth-order valence-electron chi connectivity index (χ4n) is 0.651. The first-order valence-electron chi connectivity index (χ1n) is 3.28. The van der Waals surface area contributed by atoms with E-state index in [9.17, 15) is 0 Å². The molecular formula is C7H7BrClNOS. The molecule has 1 aromatic rings. The molecule has 0 bridgehead atoms. The third-order valence-corrected chi connectivity index (χ3v) is 3.16. The number of halogens is 2. The van der Waals surface area contributed by atoms with Gasteiger partial charge in [0.15, 0.2) is 0 Å². The number of hydrogen-bond donors (Lipinski definition) is 1. The van der Waals surface area contributed by atoms with E-state index in [1.165, 1.54) is 11.8 Å². The van der Waals surface area contributed by atoms with Gasteiger partial charge in [-0.3, -0.25) is 0 Å². The molecule has 2 nitrogen and oxygen atoms in total. The Bertz CT molecular complexity index is 272. The van der Waals surface area contributed by atoms with Crippen LogP contribution >= 0.6 is 39.3 Å². The van der Waals surface area contributed by atoms with E-state index >= 15 is 0 Å². The van der Waals surface area contributed by atoms with Gasteiger partial charge in [-0.2, -0.15) is 0 Å². The van der Waals surface area contributed by atoms with Crippen molar-refractivity contribution in [2.45, 2.75) is 5.03 Å². The molecule has 0 fully saturated rings. The Morgan fingerprint density at radius 3 is 3.00 bits per heavy atom. The quantitative estimate of drug-likeness (QED) is 0.856. The van der Waals surface area contributed by atoms with Crippen LogP contribution in [0, 0.1) is 0 Å². The van der Waals surface area contributed by atoms with Gasteiger partial charge in [0.1, 0.15) is 5.03 Å². The van der Waals surface area contributed by atoms with Crippen LogP contribution in [0.1, 0.15) is 0 Å². The molecule has 0 aliphatic heterocycles. The predicted molar refractivity (Wildman–Crippen MR) is 54.8 cm³/mol. The van der Waals surface area contributed by atoms with Crippen molar-refractivity contribution in [3.8, 4) is 0 Å². The van der Waals surface area contributed by atoms with Gasteiger partial charge < -0.3 is 5.11 Å². The molecule has 1 heterocycles. The predicted octanol–water partition coefficient (Wildman–Crippen LogP) is 2.58. The van der Waals surface area contributed by atoms with Gasteiger partial charge in [0.25, 0.3) is 0 Å². The number of hydrogen-bond acceptors (Lipinski definition) is 3. The number of pyridine rings is 1. The smallest absolute Gasteiger partial charge is 0.110 e. The zero-order chi connectivity index (χ0) is 8.97. The maximum absolute atomic E-state index is 8.58. The summed E-state index contributed by atoms with van der Waals surface area (Å²) in [4.78, 5) is 4.09. The Morgan fingerprint density at radius 2 is 2.42 bits per heavy atom. The first-order valence-corrected chi connectivity index (χ1v) is 5.44. The van der Waals surface area contributed by atoms with Crippen LogP contribution in [-0.4, -0.2) is 22.5 Å². The normalized spacial score (nSPS) is 10.2. The zero-order valence-corrected chi connectivity index (χ0v) is 9.29. The number of aromatic nitrogens is 1. The number of aliphatic hydroxyl groups excluding tert-OH is 1. The Balaban J connectivity index is 2.72. The van der Waals surface area contributed by atoms with Gasteiger partial charge in [0.05, 0.1) is 16.1 Å². The second kappa shape index (κ2) is 5.07. The molecule has 1 aromatic heterocycles. The van der Waals surface area contributed by atoms with Crippen LogP contribution in [0.5, 0.6) is 0 Å². The van der Waals surface area contributed by atoms with Crippen molar-refractivity contribution in [1.29, 1.82) is 0 Å². The minimum absolute atomic E-state index is 0.154. The Labute approximate surface area is 88.5 Å². The third kappa shape index (κ3) is 2.94. The van der Waals surface area contributed by atoms with Crippen LogP contribution in [0.15, 0.2) is 21.8 Å². The number of rotatable bonds is 3. The van der Waals surface area contributed by atoms with E-state index in [4.69, 9.17) is 16.7 Å². The fourth-order valence-corrected chi connectivity index (χ4v) is 2.24. The van der Waals surface area contributed by atoms with Crippen molar-refractivity contribution < 1.29 is 5.11 Å². The highest BCUT2D eigenvalue weighted by molar-refractivity contribution is 9.10. The molecular weight excluding hydrogens is 262 g/mol. The van der Waals surface area contributed by atoms with Gasteiger partial charge >= 0.3 is 0 Å². The summed E-state index contributed by atoms with van der Waals surface area (Å²) >= 11 is 10.5. The summed E-state index contributed by atoms with van der Waals surface area (Å²) in [5.74, 6) is 0.646. The molecule has 0 amide bonds. The Morgan fingerprint density at radius 1 is 1.67 bits per heavy atom. The van der Waals surface area contributed by atoms with Crippen molar-refractivity contribution in [3.63, 3.8) is 0 Å². The highest BCUT2D eigenvalue weighted by Gasteiger charge is 2.01. The van der Waals surface area contributed by atoms with Crippen molar-refractivity contribution in [3.05, 3.63) is 21.8 Å². The molecule has 0 atom stereocenters. The van der Waals surface area contributed by atoms with Gasteiger partial charge in [-0.15, -0.1) is 11.8 Å². The minimum Gasteiger partial charge on any atom is -0.396 e. The number of thioether (sulfide) groups is 1. The van der Waals surface area contributed by atoms with Gasteiger partial charge in [0.2, 0.25) is 0 Å². The van der Waals surface area contributed by atoms with Crippen LogP contribution in [0.2, 0.25) is 5.02 Å². The molecule has 0 saturated heterocycles. The van der Waals surface area contributed by atoms with Crippen LogP contribution in [-0.2, 0) is 0 Å². The maximum Gasteiger partial charge on any atom is 0.110 e. The SMILES string of the molecule is OCCSc1ncc(Cl)cc1Br. The lowest BCUT2D eigenvalue weighted by molar-refractivity contribution is 0.322. The summed E-state index contributed by atoms with van der Waals surface area (Å²) in [6.45, 7) is 0.154. The van der Waals surface area contributed by atoms with E-state index in [0.29, 0.717) is 10.8 Å². The van der Waals surface area contributed by atoms with Crippen LogP contribution < -0.4 is 0 Å². The van der Waals surface area contributed by atoms with Crippen LogP contribution in [0.25, 0.3) is 0 Å². The lowest BCUT2D eigenvalue weighted by Gasteiger charge is -2.01. The van der Waals surface area contributed by atoms with Crippen molar-refractivity contribution in [2.24, 2.45) is 0 Å². The van der Waals surface area contributed by atoms with E-state index in [-0.39, 0.29) is 6.61 Å². The highest BCUT2D eigenvalue weighted by Crippen LogP contribution is 2.26. The molecule has 12 heavy (non-hydrogen) atoms. The molecule has 0 unspecified atom stereocenters. The van der Waals surface area contributed by atoms with Gasteiger partial charge in [0, 0.05) is 11.9 Å². The van der Waals surface area contributed by atoms with E-state index in [2.05, 4.69) is 20.9 Å². The molecule has 66 valence electrons. The van der Waals surface area contributed by atoms with E-state index in [1.807, 2.05) is 0 Å². The molecule has 0 radical (unpaired) electrons. The largest absolute Gasteiger partial charge is 0.396 e. The second-order valence-electron chi connectivity index (χ2n) is 2.01. The summed E-state index contributed by atoms with van der Waals surface area (Å²) in [5, 5.41) is 10.0. The van der Waals surface area contributed by atoms with E-state index in [1.54, 1.807) is 12.3 Å². The first-order chi connectivity index (χ1) is 5.74. The lowest BCUT2D eigenvalue weighted by atomic mass is 10.5. The van der Waals surface area contributed by atoms with E-state index < -0.39 is 0 Å². The average Bonchev–Trinajstić information content (AvgIpc) is 2.03. The van der Waals surface area contributed by atoms with Gasteiger partial charge in [-0.05, 0) is 22.0 Å². The zero-order valence-electron chi connectivity index (χ0n) is 6.13. The molecule has 1 rings (SSSR count). The van der Waals surface area contributed by atoms with E-state index in [0.717, 1.165) is 9.50 Å². The molecule has 0 spiro atoms. The topological polar surface area (TPSA) is 33.1 Å². The maximum atomic E-state index is 8.58. The van der Waals surface area contributed by atoms with Crippen LogP contribution in [0.4, 0.5) is 0 Å². The van der Waals surface area contributed by atoms with Crippen LogP contribution in [0.3, 0.4) is 0 Å². The summed E-state index contributed by atoms with van der Waals surface area (Å²) in [6.07, 6.45) is 1.59. The van der Waals surface area contributed by atoms with Gasteiger partial charge in [-0.1, -0.05) is 11.6 Å². The number of aliphatic hydroxyl groups is 1. The van der Waals surface area contributed by atoms with Crippen molar-refractivity contribution >= 4 is 39.3 Å². The summed E-state index contributed by atoms with van der Waals surface area (Å²) in [5.41, 5.74) is 0. The molecule has 1 N–H and O–H groups in total. The third-order valence-electron chi connectivity index (χ3n) is 1.10. The monoisotopic (exact) mass is 267 g/mol. The first kappa shape index (κ1) is 10.3. The molecule has 0 aliphatic carbocycles. The summed E-state index contributed by atoms with van der Waals surface area (Å²) < 4.78 is 0.869. The molecule has 0 saturated carbocycles. The van der Waals surface area contributed by atoms with Gasteiger partial charge in [-0.25, -0.2) is 4.98 Å². The summed E-state index contributed by atoms with van der Waals surface area (Å²) in [7, 11) is 0. The molecule has 0 aromatic carbocycles. The minimum atomic E-state index is 0.154. The average molecular weight is 269 g/mol. The van der Waals surface area contributed by atoms with Crippen molar-refractivity contribution in [1.82, 2.24) is 4.98 Å². The van der Waals surface area contributed by atoms with Crippen molar-refractivity contribution in [2.75, 3.05) is 12.4 Å². The second-order valence-corrected chi connectivity index (χ2v) is 4.39. The molecule has 5 heteroatoms. The highest BCUT2D eigenvalue weighted by atomic mass is 79.9. The lowest BCUT2D eigenvalue weighted by Crippen LogP contribution is -1.88. The Hall–Kier alpha value is 0.230. The number of nitrogens with zero attached hydrogens (tertiary/aromatic N) is 1. The standard InChI is InChI=1S/C7H7BrClNOS/c8-6-3-5(9)4-10-7(6)12-2-1-11/h3-4,11H,1-2H2. The summed E-state index contributed by atoms with van der Waals surface area (Å²) in [6, 6.07) is 1.79. The fraction of sp³-hybridized carbons (Fsp3) is 0.286.